The van der Waals surface area contributed by atoms with Crippen LogP contribution in [-0.4, -0.2) is 0 Å². The van der Waals surface area contributed by atoms with Crippen LogP contribution in [0.3, 0.4) is 0 Å². The Morgan fingerprint density at radius 2 is 1.58 bits per heavy atom. The van der Waals surface area contributed by atoms with Gasteiger partial charge in [0.1, 0.15) is 5.82 Å². The molecular formula is C15H20FN3. The van der Waals surface area contributed by atoms with Crippen LogP contribution in [0.5, 0.6) is 0 Å². The maximum Gasteiger partial charge on any atom is 0.123 e. The number of halogens is 1. The van der Waals surface area contributed by atoms with Gasteiger partial charge in [0.05, 0.1) is 11.4 Å². The molecule has 0 amide bonds. The smallest absolute Gasteiger partial charge is 0.123 e. The summed E-state index contributed by atoms with van der Waals surface area (Å²) in [5.41, 5.74) is 14.3. The van der Waals surface area contributed by atoms with E-state index >= 15 is 0 Å². The molecule has 0 bridgehead atoms. The molecule has 5 N–H and O–H groups in total. The van der Waals surface area contributed by atoms with Gasteiger partial charge < -0.3 is 16.8 Å². The van der Waals surface area contributed by atoms with E-state index in [4.69, 9.17) is 11.5 Å². The van der Waals surface area contributed by atoms with Crippen LogP contribution in [0.25, 0.3) is 0 Å². The lowest BCUT2D eigenvalue weighted by Crippen LogP contribution is -2.01. The summed E-state index contributed by atoms with van der Waals surface area (Å²) < 4.78 is 12.7. The second kappa shape index (κ2) is 7.26. The van der Waals surface area contributed by atoms with Gasteiger partial charge in [-0.1, -0.05) is 26.0 Å². The molecule has 0 aliphatic rings. The number of rotatable bonds is 3. The third-order valence-electron chi connectivity index (χ3n) is 2.50. The minimum absolute atomic E-state index is 0.231. The Morgan fingerprint density at radius 1 is 0.947 bits per heavy atom. The molecule has 0 atom stereocenters. The highest BCUT2D eigenvalue weighted by Crippen LogP contribution is 2.20. The van der Waals surface area contributed by atoms with Crippen LogP contribution < -0.4 is 16.8 Å². The molecule has 0 spiro atoms. The first-order chi connectivity index (χ1) is 9.15. The van der Waals surface area contributed by atoms with Gasteiger partial charge in [-0.2, -0.15) is 0 Å². The minimum atomic E-state index is -0.231. The molecule has 2 aromatic carbocycles. The molecule has 0 aromatic heterocycles. The number of nitrogens with one attached hydrogen (secondary N) is 1. The zero-order valence-electron chi connectivity index (χ0n) is 11.3. The van der Waals surface area contributed by atoms with E-state index in [9.17, 15) is 4.39 Å². The van der Waals surface area contributed by atoms with Crippen molar-refractivity contribution in [2.75, 3.05) is 16.8 Å². The van der Waals surface area contributed by atoms with Gasteiger partial charge in [-0.05, 0) is 35.9 Å². The van der Waals surface area contributed by atoms with E-state index in [2.05, 4.69) is 5.32 Å². The molecule has 102 valence electrons. The maximum atomic E-state index is 12.7. The fraction of sp³-hybridized carbons (Fsp3) is 0.200. The second-order valence-electron chi connectivity index (χ2n) is 3.82. The summed E-state index contributed by atoms with van der Waals surface area (Å²) in [4.78, 5) is 0. The average Bonchev–Trinajstić information content (AvgIpc) is 2.44. The van der Waals surface area contributed by atoms with Gasteiger partial charge in [0.2, 0.25) is 0 Å². The van der Waals surface area contributed by atoms with Crippen LogP contribution >= 0.6 is 0 Å². The lowest BCUT2D eigenvalue weighted by Gasteiger charge is -2.08. The molecule has 19 heavy (non-hydrogen) atoms. The molecule has 3 nitrogen and oxygen atoms in total. The zero-order chi connectivity index (χ0) is 14.3. The van der Waals surface area contributed by atoms with Crippen molar-refractivity contribution in [2.45, 2.75) is 20.4 Å². The lowest BCUT2D eigenvalue weighted by atomic mass is 10.2. The van der Waals surface area contributed by atoms with Crippen molar-refractivity contribution >= 4 is 17.1 Å². The topological polar surface area (TPSA) is 64.1 Å². The van der Waals surface area contributed by atoms with Crippen molar-refractivity contribution in [3.8, 4) is 0 Å². The van der Waals surface area contributed by atoms with Gasteiger partial charge in [0.15, 0.2) is 0 Å². The van der Waals surface area contributed by atoms with E-state index < -0.39 is 0 Å². The molecule has 4 heteroatoms. The van der Waals surface area contributed by atoms with Gasteiger partial charge in [0, 0.05) is 12.2 Å². The third-order valence-corrected chi connectivity index (χ3v) is 2.50. The molecule has 0 heterocycles. The number of benzene rings is 2. The van der Waals surface area contributed by atoms with Crippen LogP contribution in [0.4, 0.5) is 21.5 Å². The van der Waals surface area contributed by atoms with E-state index in [1.54, 1.807) is 24.3 Å². The van der Waals surface area contributed by atoms with Gasteiger partial charge >= 0.3 is 0 Å². The Labute approximate surface area is 113 Å². The summed E-state index contributed by atoms with van der Waals surface area (Å²) in [5.74, 6) is -0.231. The quantitative estimate of drug-likeness (QED) is 0.739. The predicted octanol–water partition coefficient (Wildman–Crippen LogP) is 3.63. The first-order valence-corrected chi connectivity index (χ1v) is 6.28. The first kappa shape index (κ1) is 14.8. The maximum absolute atomic E-state index is 12.7. The van der Waals surface area contributed by atoms with Crippen LogP contribution in [0.2, 0.25) is 0 Å². The first-order valence-electron chi connectivity index (χ1n) is 6.28. The van der Waals surface area contributed by atoms with Gasteiger partial charge in [0.25, 0.3) is 0 Å². The molecule has 2 aromatic rings. The van der Waals surface area contributed by atoms with Crippen LogP contribution in [0.1, 0.15) is 19.4 Å². The average molecular weight is 261 g/mol. The zero-order valence-corrected chi connectivity index (χ0v) is 11.3. The van der Waals surface area contributed by atoms with Crippen LogP contribution in [-0.2, 0) is 6.54 Å². The van der Waals surface area contributed by atoms with Crippen molar-refractivity contribution in [1.82, 2.24) is 0 Å². The number of hydrogen-bond donors (Lipinski definition) is 3. The summed E-state index contributed by atoms with van der Waals surface area (Å²) in [5, 5.41) is 3.19. The normalized spacial score (nSPS) is 9.42. The Kier molecular flexibility index (Phi) is 5.67. The summed E-state index contributed by atoms with van der Waals surface area (Å²) >= 11 is 0. The molecule has 0 unspecified atom stereocenters. The highest BCUT2D eigenvalue weighted by molar-refractivity contribution is 5.69. The Bertz CT molecular complexity index is 509. The summed E-state index contributed by atoms with van der Waals surface area (Å²) in [6, 6.07) is 11.7. The van der Waals surface area contributed by atoms with E-state index in [0.717, 1.165) is 11.3 Å². The summed E-state index contributed by atoms with van der Waals surface area (Å²) in [6.45, 7) is 4.61. The second-order valence-corrected chi connectivity index (χ2v) is 3.82. The predicted molar refractivity (Wildman–Crippen MR) is 80.3 cm³/mol. The highest BCUT2D eigenvalue weighted by Gasteiger charge is 1.98. The standard InChI is InChI=1S/C13H14FN3.C2H6/c14-10-3-1-9(2-4-10)8-17-11-5-6-12(15)13(16)7-11;1-2/h1-7,17H,8,15-16H2;1-2H3. The monoisotopic (exact) mass is 261 g/mol. The molecule has 2 rings (SSSR count). The van der Waals surface area contributed by atoms with Crippen LogP contribution in [0, 0.1) is 5.82 Å². The number of anilines is 3. The number of nitrogen functional groups attached to an aromatic ring is 2. The highest BCUT2D eigenvalue weighted by atomic mass is 19.1. The Morgan fingerprint density at radius 3 is 2.16 bits per heavy atom. The van der Waals surface area contributed by atoms with Gasteiger partial charge in [-0.3, -0.25) is 0 Å². The van der Waals surface area contributed by atoms with E-state index in [0.29, 0.717) is 17.9 Å². The van der Waals surface area contributed by atoms with E-state index in [1.807, 2.05) is 19.9 Å². The lowest BCUT2D eigenvalue weighted by molar-refractivity contribution is 0.627. The van der Waals surface area contributed by atoms with Crippen molar-refractivity contribution in [3.63, 3.8) is 0 Å². The molecule has 0 saturated carbocycles. The molecule has 0 aliphatic heterocycles. The number of hydrogen-bond acceptors (Lipinski definition) is 3. The molecule has 0 saturated heterocycles. The van der Waals surface area contributed by atoms with Gasteiger partial charge in [-0.15, -0.1) is 0 Å². The Hall–Kier alpha value is -2.23. The molecular weight excluding hydrogens is 241 g/mol. The van der Waals surface area contributed by atoms with Crippen molar-refractivity contribution < 1.29 is 4.39 Å². The van der Waals surface area contributed by atoms with Crippen molar-refractivity contribution in [3.05, 3.63) is 53.8 Å². The largest absolute Gasteiger partial charge is 0.397 e. The molecule has 0 radical (unpaired) electrons. The Balaban J connectivity index is 0.000000861. The minimum Gasteiger partial charge on any atom is -0.397 e. The van der Waals surface area contributed by atoms with E-state index in [1.165, 1.54) is 12.1 Å². The van der Waals surface area contributed by atoms with Crippen molar-refractivity contribution in [1.29, 1.82) is 0 Å². The van der Waals surface area contributed by atoms with Crippen molar-refractivity contribution in [2.24, 2.45) is 0 Å². The third kappa shape index (κ3) is 4.50. The van der Waals surface area contributed by atoms with Gasteiger partial charge in [-0.25, -0.2) is 4.39 Å². The summed E-state index contributed by atoms with van der Waals surface area (Å²) in [7, 11) is 0. The fourth-order valence-electron chi connectivity index (χ4n) is 1.49. The molecule has 0 fully saturated rings. The SMILES string of the molecule is CC.Nc1ccc(NCc2ccc(F)cc2)cc1N. The summed E-state index contributed by atoms with van der Waals surface area (Å²) in [6.07, 6.45) is 0. The molecule has 0 aliphatic carbocycles. The number of nitrogens with two attached hydrogens (primary N) is 2. The fourth-order valence-corrected chi connectivity index (χ4v) is 1.49. The van der Waals surface area contributed by atoms with E-state index in [-0.39, 0.29) is 5.82 Å². The van der Waals surface area contributed by atoms with Crippen LogP contribution in [0.15, 0.2) is 42.5 Å².